The third-order valence-corrected chi connectivity index (χ3v) is 6.59. The van der Waals surface area contributed by atoms with Gasteiger partial charge in [-0.2, -0.15) is 0 Å². The van der Waals surface area contributed by atoms with Crippen LogP contribution in [0, 0.1) is 0 Å². The molecule has 0 radical (unpaired) electrons. The first kappa shape index (κ1) is 16.7. The molecular weight excluding hydrogens is 337 g/mol. The molecule has 0 aliphatic heterocycles. The van der Waals surface area contributed by atoms with Crippen molar-refractivity contribution >= 4 is 35.2 Å². The predicted octanol–water partition coefficient (Wildman–Crippen LogP) is 5.08. The highest BCUT2D eigenvalue weighted by Crippen LogP contribution is 2.45. The van der Waals surface area contributed by atoms with Crippen molar-refractivity contribution in [3.8, 4) is 0 Å². The molecule has 2 nitrogen and oxygen atoms in total. The van der Waals surface area contributed by atoms with E-state index >= 15 is 0 Å². The van der Waals surface area contributed by atoms with Gasteiger partial charge in [-0.1, -0.05) is 60.1 Å². The van der Waals surface area contributed by atoms with Gasteiger partial charge in [-0.25, -0.2) is 4.76 Å². The Hall–Kier alpha value is -2.15. The van der Waals surface area contributed by atoms with Crippen molar-refractivity contribution in [3.05, 3.63) is 95.5 Å². The van der Waals surface area contributed by atoms with E-state index in [4.69, 9.17) is 11.6 Å². The van der Waals surface area contributed by atoms with Crippen LogP contribution in [0.15, 0.2) is 89.7 Å². The minimum atomic E-state index is -3.10. The number of rotatable bonds is 4. The van der Waals surface area contributed by atoms with Crippen LogP contribution in [0.5, 0.6) is 0 Å². The van der Waals surface area contributed by atoms with Crippen molar-refractivity contribution in [2.24, 2.45) is 4.76 Å². The van der Waals surface area contributed by atoms with Gasteiger partial charge < -0.3 is 0 Å². The van der Waals surface area contributed by atoms with E-state index in [2.05, 4.69) is 4.76 Å². The zero-order chi connectivity index (χ0) is 17.0. The van der Waals surface area contributed by atoms with Gasteiger partial charge in [0, 0.05) is 21.3 Å². The van der Waals surface area contributed by atoms with Crippen LogP contribution >= 0.6 is 18.9 Å². The van der Waals surface area contributed by atoms with Gasteiger partial charge in [-0.3, -0.25) is 4.57 Å². The Morgan fingerprint density at radius 3 is 1.71 bits per heavy atom. The minimum absolute atomic E-state index is 0.667. The second kappa shape index (κ2) is 7.17. The highest BCUT2D eigenvalue weighted by molar-refractivity contribution is 7.77. The van der Waals surface area contributed by atoms with Crippen molar-refractivity contribution in [2.75, 3.05) is 0 Å². The second-order valence-corrected chi connectivity index (χ2v) is 8.26. The summed E-state index contributed by atoms with van der Waals surface area (Å²) in [5.74, 6) is 0. The lowest BCUT2D eigenvalue weighted by atomic mass is 10.1. The lowest BCUT2D eigenvalue weighted by Gasteiger charge is -2.16. The molecule has 0 unspecified atom stereocenters. The molecule has 0 fully saturated rings. The largest absolute Gasteiger partial charge is 0.288 e. The van der Waals surface area contributed by atoms with Gasteiger partial charge in [-0.05, 0) is 48.9 Å². The Labute approximate surface area is 147 Å². The normalized spacial score (nSPS) is 12.2. The van der Waals surface area contributed by atoms with Crippen molar-refractivity contribution in [1.82, 2.24) is 0 Å². The molecule has 4 heteroatoms. The molecule has 120 valence electrons. The summed E-state index contributed by atoms with van der Waals surface area (Å²) in [5, 5.41) is 2.12. The fourth-order valence-corrected chi connectivity index (χ4v) is 4.83. The maximum Gasteiger partial charge on any atom is 0.247 e. The van der Waals surface area contributed by atoms with E-state index in [1.54, 1.807) is 0 Å². The van der Waals surface area contributed by atoms with Crippen molar-refractivity contribution in [3.63, 3.8) is 0 Å². The van der Waals surface area contributed by atoms with E-state index in [0.717, 1.165) is 21.9 Å². The number of halogens is 1. The van der Waals surface area contributed by atoms with E-state index in [1.165, 1.54) is 0 Å². The highest BCUT2D eigenvalue weighted by Gasteiger charge is 2.26. The summed E-state index contributed by atoms with van der Waals surface area (Å²) in [7, 11) is -3.10. The molecule has 0 N–H and O–H groups in total. The summed E-state index contributed by atoms with van der Waals surface area (Å²) >= 11 is 5.95. The summed E-state index contributed by atoms with van der Waals surface area (Å²) in [6, 6.07) is 26.2. The summed E-state index contributed by atoms with van der Waals surface area (Å²) < 4.78 is 18.5. The van der Waals surface area contributed by atoms with Crippen LogP contribution < -0.4 is 10.6 Å². The van der Waals surface area contributed by atoms with Crippen LogP contribution in [0.2, 0.25) is 5.02 Å². The molecule has 0 atom stereocenters. The maximum absolute atomic E-state index is 13.9. The summed E-state index contributed by atoms with van der Waals surface area (Å²) in [6.07, 6.45) is 0. The first-order valence-corrected chi connectivity index (χ1v) is 9.67. The van der Waals surface area contributed by atoms with Crippen LogP contribution in [-0.4, -0.2) is 5.71 Å². The molecule has 3 rings (SSSR count). The second-order valence-electron chi connectivity index (χ2n) is 5.44. The number of hydrogen-bond acceptors (Lipinski definition) is 1. The van der Waals surface area contributed by atoms with Crippen molar-refractivity contribution in [1.29, 1.82) is 0 Å². The van der Waals surface area contributed by atoms with Crippen LogP contribution in [0.4, 0.5) is 0 Å². The first-order valence-electron chi connectivity index (χ1n) is 7.64. The highest BCUT2D eigenvalue weighted by atomic mass is 35.5. The Balaban J connectivity index is 2.14. The Morgan fingerprint density at radius 1 is 0.792 bits per heavy atom. The smallest absolute Gasteiger partial charge is 0.247 e. The molecule has 0 spiro atoms. The topological polar surface area (TPSA) is 29.4 Å². The molecule has 24 heavy (non-hydrogen) atoms. The zero-order valence-electron chi connectivity index (χ0n) is 13.3. The van der Waals surface area contributed by atoms with Gasteiger partial charge in [0.15, 0.2) is 0 Å². The SMILES string of the molecule is C/C(=N\P(=O)(c1ccccc1)c1ccccc1)c1ccc(Cl)cc1. The molecule has 3 aromatic carbocycles. The van der Waals surface area contributed by atoms with Gasteiger partial charge >= 0.3 is 0 Å². The van der Waals surface area contributed by atoms with E-state index < -0.39 is 7.29 Å². The molecule has 0 aromatic heterocycles. The van der Waals surface area contributed by atoms with E-state index in [9.17, 15) is 4.57 Å². The molecule has 0 amide bonds. The number of hydrogen-bond donors (Lipinski definition) is 0. The van der Waals surface area contributed by atoms with Crippen LogP contribution in [0.3, 0.4) is 0 Å². The summed E-state index contributed by atoms with van der Waals surface area (Å²) in [4.78, 5) is 0. The van der Waals surface area contributed by atoms with Crippen molar-refractivity contribution < 1.29 is 4.57 Å². The zero-order valence-corrected chi connectivity index (χ0v) is 14.9. The standard InChI is InChI=1S/C20H17ClNOP/c1-16(17-12-14-18(21)15-13-17)22-24(23,19-8-4-2-5-9-19)20-10-6-3-7-11-20/h2-15H,1H3/b22-16+. The molecule has 0 saturated heterocycles. The first-order chi connectivity index (χ1) is 11.6. The third-order valence-electron chi connectivity index (χ3n) is 3.77. The molecule has 3 aromatic rings. The van der Waals surface area contributed by atoms with Gasteiger partial charge in [0.2, 0.25) is 7.29 Å². The van der Waals surface area contributed by atoms with Crippen LogP contribution in [-0.2, 0) is 4.57 Å². The van der Waals surface area contributed by atoms with Crippen molar-refractivity contribution in [2.45, 2.75) is 6.92 Å². The number of benzene rings is 3. The third kappa shape index (κ3) is 3.51. The summed E-state index contributed by atoms with van der Waals surface area (Å²) in [5.41, 5.74) is 1.63. The molecular formula is C20H17ClNOP. The Morgan fingerprint density at radius 2 is 1.25 bits per heavy atom. The lowest BCUT2D eigenvalue weighted by Crippen LogP contribution is -2.15. The fourth-order valence-electron chi connectivity index (χ4n) is 2.48. The Bertz CT molecular complexity index is 846. The molecule has 0 heterocycles. The van der Waals surface area contributed by atoms with Crippen LogP contribution in [0.25, 0.3) is 0 Å². The summed E-state index contributed by atoms with van der Waals surface area (Å²) in [6.45, 7) is 1.88. The van der Waals surface area contributed by atoms with Gasteiger partial charge in [-0.15, -0.1) is 0 Å². The molecule has 0 saturated carbocycles. The van der Waals surface area contributed by atoms with Crippen LogP contribution in [0.1, 0.15) is 12.5 Å². The van der Waals surface area contributed by atoms with E-state index in [0.29, 0.717) is 5.02 Å². The van der Waals surface area contributed by atoms with Gasteiger partial charge in [0.25, 0.3) is 0 Å². The molecule has 0 aliphatic rings. The van der Waals surface area contributed by atoms with Gasteiger partial charge in [0.05, 0.1) is 0 Å². The monoisotopic (exact) mass is 353 g/mol. The average molecular weight is 354 g/mol. The number of nitrogens with zero attached hydrogens (tertiary/aromatic N) is 1. The molecule has 0 aliphatic carbocycles. The lowest BCUT2D eigenvalue weighted by molar-refractivity contribution is 0.588. The van der Waals surface area contributed by atoms with E-state index in [1.807, 2.05) is 91.9 Å². The predicted molar refractivity (Wildman–Crippen MR) is 103 cm³/mol. The van der Waals surface area contributed by atoms with E-state index in [-0.39, 0.29) is 0 Å². The maximum atomic E-state index is 13.9. The molecule has 0 bridgehead atoms. The van der Waals surface area contributed by atoms with Gasteiger partial charge in [0.1, 0.15) is 0 Å². The average Bonchev–Trinajstić information content (AvgIpc) is 2.63. The fraction of sp³-hybridized carbons (Fsp3) is 0.0500. The minimum Gasteiger partial charge on any atom is -0.288 e. The Kier molecular flexibility index (Phi) is 4.99. The quantitative estimate of drug-likeness (QED) is 0.475.